The van der Waals surface area contributed by atoms with Gasteiger partial charge in [0.25, 0.3) is 0 Å². The molecule has 0 radical (unpaired) electrons. The van der Waals surface area contributed by atoms with Crippen molar-refractivity contribution in [2.75, 3.05) is 11.9 Å². The number of benzene rings is 1. The van der Waals surface area contributed by atoms with Crippen LogP contribution in [0.25, 0.3) is 11.4 Å². The summed E-state index contributed by atoms with van der Waals surface area (Å²) in [6.45, 7) is 2.58. The molecule has 0 aliphatic carbocycles. The predicted octanol–water partition coefficient (Wildman–Crippen LogP) is 3.15. The fourth-order valence-electron chi connectivity index (χ4n) is 3.29. The van der Waals surface area contributed by atoms with Gasteiger partial charge in [0.2, 0.25) is 0 Å². The number of carbonyl (C=O) groups excluding carboxylic acids is 1. The molecule has 2 amide bonds. The fourth-order valence-corrected chi connectivity index (χ4v) is 3.29. The van der Waals surface area contributed by atoms with Gasteiger partial charge in [0.15, 0.2) is 11.6 Å². The summed E-state index contributed by atoms with van der Waals surface area (Å²) < 4.78 is 7.21. The predicted molar refractivity (Wildman–Crippen MR) is 95.4 cm³/mol. The lowest BCUT2D eigenvalue weighted by Gasteiger charge is -2.23. The number of carbonyl (C=O) groups is 1. The summed E-state index contributed by atoms with van der Waals surface area (Å²) in [6.07, 6.45) is 3.49. The zero-order chi connectivity index (χ0) is 18.1. The number of likely N-dealkylation sites (tertiary alicyclic amines) is 1. The van der Waals surface area contributed by atoms with Crippen molar-refractivity contribution in [3.8, 4) is 11.4 Å². The van der Waals surface area contributed by atoms with Gasteiger partial charge in [-0.1, -0.05) is 5.16 Å². The summed E-state index contributed by atoms with van der Waals surface area (Å²) in [5.41, 5.74) is 2.51. The zero-order valence-corrected chi connectivity index (χ0v) is 14.7. The molecule has 1 fully saturated rings. The van der Waals surface area contributed by atoms with Gasteiger partial charge in [0, 0.05) is 30.9 Å². The highest BCUT2D eigenvalue weighted by Gasteiger charge is 2.32. The number of nitrogens with zero attached hydrogens (tertiary/aromatic N) is 5. The molecule has 8 nitrogen and oxygen atoms in total. The minimum atomic E-state index is -0.132. The lowest BCUT2D eigenvalue weighted by Crippen LogP contribution is -2.34. The normalized spacial score (nSPS) is 16.8. The maximum atomic E-state index is 12.7. The number of anilines is 1. The first-order valence-corrected chi connectivity index (χ1v) is 8.57. The molecule has 26 heavy (non-hydrogen) atoms. The molecule has 3 aromatic rings. The molecule has 0 bridgehead atoms. The second-order valence-electron chi connectivity index (χ2n) is 6.50. The number of amides is 2. The van der Waals surface area contributed by atoms with E-state index in [1.54, 1.807) is 11.2 Å². The Morgan fingerprint density at radius 2 is 2.12 bits per heavy atom. The van der Waals surface area contributed by atoms with E-state index in [0.29, 0.717) is 6.54 Å². The number of nitrogens with one attached hydrogen (secondary N) is 1. The minimum absolute atomic E-state index is 0.0610. The Labute approximate surface area is 150 Å². The third-order valence-electron chi connectivity index (χ3n) is 4.59. The van der Waals surface area contributed by atoms with Gasteiger partial charge in [0.05, 0.1) is 11.7 Å². The molecule has 0 spiro atoms. The molecule has 1 N–H and O–H groups in total. The summed E-state index contributed by atoms with van der Waals surface area (Å²) in [4.78, 5) is 14.5. The Kier molecular flexibility index (Phi) is 4.16. The SMILES string of the molecule is Cc1cc([C@@H]2CCCN2C(=O)Nc2ccc(-c3nncn3C)cc2)on1. The van der Waals surface area contributed by atoms with Crippen molar-refractivity contribution >= 4 is 11.7 Å². The fraction of sp³-hybridized carbons (Fsp3) is 0.333. The van der Waals surface area contributed by atoms with Gasteiger partial charge in [0.1, 0.15) is 6.33 Å². The minimum Gasteiger partial charge on any atom is -0.359 e. The molecule has 8 heteroatoms. The van der Waals surface area contributed by atoms with Gasteiger partial charge >= 0.3 is 6.03 Å². The quantitative estimate of drug-likeness (QED) is 0.782. The molecular weight excluding hydrogens is 332 g/mol. The molecule has 1 aromatic carbocycles. The average molecular weight is 352 g/mol. The highest BCUT2D eigenvalue weighted by molar-refractivity contribution is 5.90. The largest absolute Gasteiger partial charge is 0.359 e. The van der Waals surface area contributed by atoms with Crippen molar-refractivity contribution in [2.45, 2.75) is 25.8 Å². The van der Waals surface area contributed by atoms with Crippen molar-refractivity contribution in [2.24, 2.45) is 7.05 Å². The molecule has 0 unspecified atom stereocenters. The van der Waals surface area contributed by atoms with E-state index in [9.17, 15) is 4.79 Å². The third kappa shape index (κ3) is 3.05. The molecule has 0 saturated carbocycles. The van der Waals surface area contributed by atoms with Crippen molar-refractivity contribution < 1.29 is 9.32 Å². The second-order valence-corrected chi connectivity index (χ2v) is 6.50. The smallest absolute Gasteiger partial charge is 0.322 e. The topological polar surface area (TPSA) is 89.1 Å². The molecule has 3 heterocycles. The van der Waals surface area contributed by atoms with E-state index in [4.69, 9.17) is 4.52 Å². The van der Waals surface area contributed by atoms with Crippen LogP contribution in [0.5, 0.6) is 0 Å². The maximum Gasteiger partial charge on any atom is 0.322 e. The summed E-state index contributed by atoms with van der Waals surface area (Å²) in [6, 6.07) is 9.27. The Balaban J connectivity index is 1.46. The van der Waals surface area contributed by atoms with Crippen LogP contribution in [0.4, 0.5) is 10.5 Å². The first-order valence-electron chi connectivity index (χ1n) is 8.57. The van der Waals surface area contributed by atoms with E-state index >= 15 is 0 Å². The molecular formula is C18H20N6O2. The molecule has 134 valence electrons. The molecule has 2 aromatic heterocycles. The Morgan fingerprint density at radius 3 is 2.77 bits per heavy atom. The molecule has 1 atom stereocenters. The van der Waals surface area contributed by atoms with Crippen molar-refractivity contribution in [3.63, 3.8) is 0 Å². The van der Waals surface area contributed by atoms with Crippen molar-refractivity contribution in [3.05, 3.63) is 48.1 Å². The highest BCUT2D eigenvalue weighted by atomic mass is 16.5. The molecule has 1 aliphatic rings. The summed E-state index contributed by atoms with van der Waals surface area (Å²) >= 11 is 0. The zero-order valence-electron chi connectivity index (χ0n) is 14.7. The van der Waals surface area contributed by atoms with Crippen LogP contribution in [-0.4, -0.2) is 37.4 Å². The number of hydrogen-bond donors (Lipinski definition) is 1. The number of urea groups is 1. The van der Waals surface area contributed by atoms with Gasteiger partial charge in [-0.25, -0.2) is 4.79 Å². The van der Waals surface area contributed by atoms with Crippen LogP contribution in [0, 0.1) is 6.92 Å². The Bertz CT molecular complexity index is 914. The lowest BCUT2D eigenvalue weighted by atomic mass is 10.1. The van der Waals surface area contributed by atoms with Crippen LogP contribution >= 0.6 is 0 Å². The molecule has 4 rings (SSSR count). The summed E-state index contributed by atoms with van der Waals surface area (Å²) in [5, 5.41) is 14.9. The Morgan fingerprint density at radius 1 is 1.31 bits per heavy atom. The Hall–Kier alpha value is -3.16. The van der Waals surface area contributed by atoms with Crippen LogP contribution < -0.4 is 5.32 Å². The van der Waals surface area contributed by atoms with Crippen molar-refractivity contribution in [1.82, 2.24) is 24.8 Å². The van der Waals surface area contributed by atoms with E-state index < -0.39 is 0 Å². The molecule has 1 saturated heterocycles. The summed E-state index contributed by atoms with van der Waals surface area (Å²) in [5.74, 6) is 1.52. The van der Waals surface area contributed by atoms with E-state index in [-0.39, 0.29) is 12.1 Å². The molecule has 1 aliphatic heterocycles. The average Bonchev–Trinajstić information content (AvgIpc) is 3.36. The highest BCUT2D eigenvalue weighted by Crippen LogP contribution is 2.32. The number of aromatic nitrogens is 4. The van der Waals surface area contributed by atoms with Crippen LogP contribution in [0.15, 0.2) is 41.2 Å². The van der Waals surface area contributed by atoms with Crippen molar-refractivity contribution in [1.29, 1.82) is 0 Å². The monoisotopic (exact) mass is 352 g/mol. The van der Waals surface area contributed by atoms with Crippen LogP contribution in [0.3, 0.4) is 0 Å². The lowest BCUT2D eigenvalue weighted by molar-refractivity contribution is 0.195. The summed E-state index contributed by atoms with van der Waals surface area (Å²) in [7, 11) is 1.89. The van der Waals surface area contributed by atoms with Gasteiger partial charge < -0.3 is 19.3 Å². The van der Waals surface area contributed by atoms with E-state index in [1.807, 2.05) is 48.9 Å². The number of rotatable bonds is 3. The van der Waals surface area contributed by atoms with E-state index in [0.717, 1.165) is 41.4 Å². The van der Waals surface area contributed by atoms with Gasteiger partial charge in [-0.15, -0.1) is 10.2 Å². The van der Waals surface area contributed by atoms with E-state index in [2.05, 4.69) is 20.7 Å². The van der Waals surface area contributed by atoms with Gasteiger partial charge in [-0.05, 0) is 44.0 Å². The van der Waals surface area contributed by atoms with Crippen LogP contribution in [-0.2, 0) is 7.05 Å². The van der Waals surface area contributed by atoms with Crippen LogP contribution in [0.1, 0.15) is 30.3 Å². The van der Waals surface area contributed by atoms with E-state index in [1.165, 1.54) is 0 Å². The second kappa shape index (κ2) is 6.62. The third-order valence-corrected chi connectivity index (χ3v) is 4.59. The van der Waals surface area contributed by atoms with Gasteiger partial charge in [-0.3, -0.25) is 0 Å². The number of aryl methyl sites for hydroxylation is 2. The number of hydrogen-bond acceptors (Lipinski definition) is 5. The van der Waals surface area contributed by atoms with Crippen LogP contribution in [0.2, 0.25) is 0 Å². The van der Waals surface area contributed by atoms with Gasteiger partial charge in [-0.2, -0.15) is 0 Å². The first-order chi connectivity index (χ1) is 12.6. The maximum absolute atomic E-state index is 12.7. The first kappa shape index (κ1) is 16.3. The standard InChI is InChI=1S/C18H20N6O2/c1-12-10-16(26-22-12)15-4-3-9-24(15)18(25)20-14-7-5-13(6-8-14)17-21-19-11-23(17)2/h5-8,10-11,15H,3-4,9H2,1-2H3,(H,20,25)/t15-/m0/s1.